The van der Waals surface area contributed by atoms with E-state index in [1.807, 2.05) is 60.7 Å². The third-order valence-corrected chi connectivity index (χ3v) is 4.90. The number of methoxy groups -OCH3 is 1. The summed E-state index contributed by atoms with van der Waals surface area (Å²) in [6, 6.07) is 25.4. The standard InChI is InChI=1S/C25H24N2O4/c1-26(21-15-13-20(14-16-21)25(30)31-2)23(28)17-24(29)27(22-11-7-4-8-12-22)18-19-9-5-3-6-10-19/h3-16H,17-18H2,1-2H3. The molecule has 6 nitrogen and oxygen atoms in total. The van der Waals surface area contributed by atoms with Crippen molar-refractivity contribution in [2.24, 2.45) is 0 Å². The highest BCUT2D eigenvalue weighted by molar-refractivity contribution is 6.09. The highest BCUT2D eigenvalue weighted by Gasteiger charge is 2.22. The molecule has 0 aliphatic rings. The Hall–Kier alpha value is -3.93. The SMILES string of the molecule is COC(=O)c1ccc(N(C)C(=O)CC(=O)N(Cc2ccccc2)c2ccccc2)cc1. The molecule has 6 heteroatoms. The predicted octanol–water partition coefficient (Wildman–Crippen LogP) is 4.06. The second-order valence-electron chi connectivity index (χ2n) is 6.97. The van der Waals surface area contributed by atoms with Crippen LogP contribution in [0, 0.1) is 0 Å². The van der Waals surface area contributed by atoms with Crippen molar-refractivity contribution in [2.45, 2.75) is 13.0 Å². The molecule has 0 radical (unpaired) electrons. The maximum Gasteiger partial charge on any atom is 0.337 e. The molecule has 3 aromatic carbocycles. The first-order chi connectivity index (χ1) is 15.0. The molecule has 0 atom stereocenters. The summed E-state index contributed by atoms with van der Waals surface area (Å²) in [6.45, 7) is 0.370. The van der Waals surface area contributed by atoms with Crippen LogP contribution in [0.5, 0.6) is 0 Å². The third-order valence-electron chi connectivity index (χ3n) is 4.90. The van der Waals surface area contributed by atoms with Crippen LogP contribution in [0.3, 0.4) is 0 Å². The molecular formula is C25H24N2O4. The zero-order chi connectivity index (χ0) is 22.2. The van der Waals surface area contributed by atoms with Gasteiger partial charge in [-0.3, -0.25) is 9.59 Å². The van der Waals surface area contributed by atoms with Crippen LogP contribution < -0.4 is 9.80 Å². The van der Waals surface area contributed by atoms with Crippen LogP contribution in [0.15, 0.2) is 84.9 Å². The Labute approximate surface area is 181 Å². The lowest BCUT2D eigenvalue weighted by atomic mass is 10.1. The molecular weight excluding hydrogens is 392 g/mol. The molecule has 0 saturated carbocycles. The fourth-order valence-corrected chi connectivity index (χ4v) is 3.12. The Morgan fingerprint density at radius 1 is 0.742 bits per heavy atom. The van der Waals surface area contributed by atoms with Crippen molar-refractivity contribution in [3.8, 4) is 0 Å². The maximum absolute atomic E-state index is 13.1. The number of benzene rings is 3. The maximum atomic E-state index is 13.1. The Kier molecular flexibility index (Phi) is 7.17. The molecule has 0 fully saturated rings. The number of carbonyl (C=O) groups excluding carboxylic acids is 3. The van der Waals surface area contributed by atoms with Gasteiger partial charge in [-0.25, -0.2) is 4.79 Å². The molecule has 0 unspecified atom stereocenters. The lowest BCUT2D eigenvalue weighted by Crippen LogP contribution is -2.36. The molecule has 3 rings (SSSR count). The predicted molar refractivity (Wildman–Crippen MR) is 120 cm³/mol. The van der Waals surface area contributed by atoms with Crippen molar-refractivity contribution in [3.05, 3.63) is 96.1 Å². The van der Waals surface area contributed by atoms with E-state index < -0.39 is 5.97 Å². The Morgan fingerprint density at radius 2 is 1.32 bits per heavy atom. The number of hydrogen-bond donors (Lipinski definition) is 0. The first-order valence-electron chi connectivity index (χ1n) is 9.84. The molecule has 0 spiro atoms. The minimum absolute atomic E-state index is 0.281. The Bertz CT molecular complexity index is 1030. The monoisotopic (exact) mass is 416 g/mol. The number of esters is 1. The summed E-state index contributed by atoms with van der Waals surface area (Å²) in [6.07, 6.45) is -0.281. The topological polar surface area (TPSA) is 66.9 Å². The van der Waals surface area contributed by atoms with E-state index in [0.717, 1.165) is 11.3 Å². The molecule has 0 aromatic heterocycles. The zero-order valence-electron chi connectivity index (χ0n) is 17.5. The Morgan fingerprint density at radius 3 is 1.90 bits per heavy atom. The van der Waals surface area contributed by atoms with Crippen LogP contribution in [-0.4, -0.2) is 31.9 Å². The van der Waals surface area contributed by atoms with Gasteiger partial charge in [-0.1, -0.05) is 48.5 Å². The fraction of sp³-hybridized carbons (Fsp3) is 0.160. The van der Waals surface area contributed by atoms with Crippen LogP contribution in [0.25, 0.3) is 0 Å². The van der Waals surface area contributed by atoms with E-state index in [4.69, 9.17) is 0 Å². The van der Waals surface area contributed by atoms with E-state index in [1.54, 1.807) is 36.2 Å². The minimum atomic E-state index is -0.449. The van der Waals surface area contributed by atoms with Crippen molar-refractivity contribution in [2.75, 3.05) is 24.0 Å². The van der Waals surface area contributed by atoms with Crippen molar-refractivity contribution >= 4 is 29.2 Å². The van der Waals surface area contributed by atoms with Crippen molar-refractivity contribution in [1.82, 2.24) is 0 Å². The van der Waals surface area contributed by atoms with Gasteiger partial charge in [-0.05, 0) is 42.0 Å². The van der Waals surface area contributed by atoms with Crippen molar-refractivity contribution in [1.29, 1.82) is 0 Å². The summed E-state index contributed by atoms with van der Waals surface area (Å²) in [5.41, 5.74) is 2.68. The molecule has 158 valence electrons. The van der Waals surface area contributed by atoms with Crippen LogP contribution in [0.1, 0.15) is 22.3 Å². The van der Waals surface area contributed by atoms with Gasteiger partial charge in [0, 0.05) is 18.4 Å². The number of nitrogens with zero attached hydrogens (tertiary/aromatic N) is 2. The smallest absolute Gasteiger partial charge is 0.337 e. The molecule has 0 N–H and O–H groups in total. The first kappa shape index (κ1) is 21.8. The van der Waals surface area contributed by atoms with Crippen LogP contribution in [0.2, 0.25) is 0 Å². The Balaban J connectivity index is 1.74. The van der Waals surface area contributed by atoms with Gasteiger partial charge >= 0.3 is 5.97 Å². The average Bonchev–Trinajstić information content (AvgIpc) is 2.82. The van der Waals surface area contributed by atoms with E-state index in [-0.39, 0.29) is 18.2 Å². The van der Waals surface area contributed by atoms with Gasteiger partial charge in [0.15, 0.2) is 0 Å². The molecule has 0 saturated heterocycles. The molecule has 0 aliphatic heterocycles. The summed E-state index contributed by atoms with van der Waals surface area (Å²) in [7, 11) is 2.91. The van der Waals surface area contributed by atoms with Gasteiger partial charge in [0.1, 0.15) is 6.42 Å². The summed E-state index contributed by atoms with van der Waals surface area (Å²) in [4.78, 5) is 40.5. The van der Waals surface area contributed by atoms with E-state index in [2.05, 4.69) is 4.74 Å². The van der Waals surface area contributed by atoms with Gasteiger partial charge < -0.3 is 14.5 Å². The number of amides is 2. The quantitative estimate of drug-likeness (QED) is 0.430. The van der Waals surface area contributed by atoms with E-state index in [1.165, 1.54) is 12.0 Å². The molecule has 3 aromatic rings. The fourth-order valence-electron chi connectivity index (χ4n) is 3.12. The largest absolute Gasteiger partial charge is 0.465 e. The number of hydrogen-bond acceptors (Lipinski definition) is 4. The lowest BCUT2D eigenvalue weighted by Gasteiger charge is -2.24. The number of para-hydroxylation sites is 1. The molecule has 0 bridgehead atoms. The summed E-state index contributed by atoms with van der Waals surface area (Å²) in [5.74, 6) is -1.09. The highest BCUT2D eigenvalue weighted by Crippen LogP contribution is 2.20. The molecule has 2 amide bonds. The summed E-state index contributed by atoms with van der Waals surface area (Å²) < 4.78 is 4.68. The van der Waals surface area contributed by atoms with Gasteiger partial charge in [-0.2, -0.15) is 0 Å². The van der Waals surface area contributed by atoms with E-state index in [9.17, 15) is 14.4 Å². The van der Waals surface area contributed by atoms with Gasteiger partial charge in [0.25, 0.3) is 0 Å². The third kappa shape index (κ3) is 5.57. The number of anilines is 2. The number of rotatable bonds is 7. The van der Waals surface area contributed by atoms with E-state index in [0.29, 0.717) is 17.8 Å². The first-order valence-corrected chi connectivity index (χ1v) is 9.84. The molecule has 31 heavy (non-hydrogen) atoms. The number of ether oxygens (including phenoxy) is 1. The second-order valence-corrected chi connectivity index (χ2v) is 6.97. The zero-order valence-corrected chi connectivity index (χ0v) is 17.5. The van der Waals surface area contributed by atoms with Gasteiger partial charge in [0.05, 0.1) is 19.2 Å². The van der Waals surface area contributed by atoms with Crippen LogP contribution in [0.4, 0.5) is 11.4 Å². The number of carbonyl (C=O) groups is 3. The van der Waals surface area contributed by atoms with Crippen LogP contribution >= 0.6 is 0 Å². The molecule has 0 heterocycles. The average molecular weight is 416 g/mol. The van der Waals surface area contributed by atoms with Crippen molar-refractivity contribution in [3.63, 3.8) is 0 Å². The van der Waals surface area contributed by atoms with Gasteiger partial charge in [0.2, 0.25) is 11.8 Å². The van der Waals surface area contributed by atoms with E-state index >= 15 is 0 Å². The summed E-state index contributed by atoms with van der Waals surface area (Å²) >= 11 is 0. The normalized spacial score (nSPS) is 10.3. The van der Waals surface area contributed by atoms with Gasteiger partial charge in [-0.15, -0.1) is 0 Å². The van der Waals surface area contributed by atoms with Crippen molar-refractivity contribution < 1.29 is 19.1 Å². The second kappa shape index (κ2) is 10.2. The summed E-state index contributed by atoms with van der Waals surface area (Å²) in [5, 5.41) is 0. The molecule has 0 aliphatic carbocycles. The highest BCUT2D eigenvalue weighted by atomic mass is 16.5. The minimum Gasteiger partial charge on any atom is -0.465 e. The lowest BCUT2D eigenvalue weighted by molar-refractivity contribution is -0.126. The van der Waals surface area contributed by atoms with Crippen LogP contribution in [-0.2, 0) is 20.9 Å².